The van der Waals surface area contributed by atoms with Crippen LogP contribution in [0, 0.1) is 6.92 Å². The van der Waals surface area contributed by atoms with Gasteiger partial charge in [-0.25, -0.2) is 4.68 Å². The fraction of sp³-hybridized carbons (Fsp3) is 0.133. The van der Waals surface area contributed by atoms with Crippen LogP contribution in [0.5, 0.6) is 0 Å². The van der Waals surface area contributed by atoms with E-state index in [1.807, 2.05) is 38.2 Å². The zero-order valence-electron chi connectivity index (χ0n) is 11.8. The fourth-order valence-corrected chi connectivity index (χ4v) is 2.09. The summed E-state index contributed by atoms with van der Waals surface area (Å²) in [7, 11) is 1.84. The number of anilines is 1. The van der Waals surface area contributed by atoms with Crippen LogP contribution in [-0.4, -0.2) is 25.5 Å². The number of nitrogens with one attached hydrogen (secondary N) is 1. The van der Waals surface area contributed by atoms with Crippen LogP contribution in [0.2, 0.25) is 0 Å². The molecule has 0 unspecified atom stereocenters. The SMILES string of the molecule is Cc1c(NC(=O)c2ccccc2-n2cccn2)cnn1C. The monoisotopic (exact) mass is 281 g/mol. The third kappa shape index (κ3) is 2.43. The van der Waals surface area contributed by atoms with E-state index in [-0.39, 0.29) is 5.91 Å². The number of amides is 1. The molecule has 0 atom stereocenters. The predicted molar refractivity (Wildman–Crippen MR) is 79.5 cm³/mol. The molecule has 1 aromatic carbocycles. The highest BCUT2D eigenvalue weighted by Gasteiger charge is 2.14. The van der Waals surface area contributed by atoms with Crippen molar-refractivity contribution >= 4 is 11.6 Å². The summed E-state index contributed by atoms with van der Waals surface area (Å²) in [4.78, 5) is 12.5. The second kappa shape index (κ2) is 5.24. The zero-order valence-corrected chi connectivity index (χ0v) is 11.8. The molecule has 6 nitrogen and oxygen atoms in total. The zero-order chi connectivity index (χ0) is 14.8. The smallest absolute Gasteiger partial charge is 0.257 e. The van der Waals surface area contributed by atoms with E-state index in [4.69, 9.17) is 0 Å². The third-order valence-electron chi connectivity index (χ3n) is 3.38. The minimum atomic E-state index is -0.183. The van der Waals surface area contributed by atoms with Crippen LogP contribution in [0.25, 0.3) is 5.69 Å². The normalized spacial score (nSPS) is 10.6. The molecule has 3 aromatic rings. The number of nitrogens with zero attached hydrogens (tertiary/aromatic N) is 4. The molecule has 1 N–H and O–H groups in total. The van der Waals surface area contributed by atoms with Crippen molar-refractivity contribution in [3.05, 3.63) is 60.2 Å². The van der Waals surface area contributed by atoms with E-state index in [1.165, 1.54) is 0 Å². The minimum Gasteiger partial charge on any atom is -0.319 e. The lowest BCUT2D eigenvalue weighted by Gasteiger charge is -2.09. The maximum atomic E-state index is 12.5. The molecule has 0 bridgehead atoms. The van der Waals surface area contributed by atoms with E-state index in [1.54, 1.807) is 34.0 Å². The number of hydrogen-bond donors (Lipinski definition) is 1. The van der Waals surface area contributed by atoms with Gasteiger partial charge in [0.15, 0.2) is 0 Å². The average molecular weight is 281 g/mol. The number of rotatable bonds is 3. The Morgan fingerprint density at radius 3 is 2.67 bits per heavy atom. The van der Waals surface area contributed by atoms with E-state index < -0.39 is 0 Å². The number of carbonyl (C=O) groups is 1. The molecule has 0 aliphatic rings. The summed E-state index contributed by atoms with van der Waals surface area (Å²) >= 11 is 0. The van der Waals surface area contributed by atoms with Gasteiger partial charge in [0.2, 0.25) is 0 Å². The van der Waals surface area contributed by atoms with Crippen molar-refractivity contribution in [3.63, 3.8) is 0 Å². The second-order valence-electron chi connectivity index (χ2n) is 4.69. The molecule has 0 radical (unpaired) electrons. The van der Waals surface area contributed by atoms with Crippen LogP contribution >= 0.6 is 0 Å². The Labute approximate surface area is 122 Å². The topological polar surface area (TPSA) is 64.7 Å². The van der Waals surface area contributed by atoms with E-state index in [2.05, 4.69) is 15.5 Å². The summed E-state index contributed by atoms with van der Waals surface area (Å²) < 4.78 is 3.39. The number of aryl methyl sites for hydroxylation is 1. The van der Waals surface area contributed by atoms with Crippen LogP contribution in [0.4, 0.5) is 5.69 Å². The Hall–Kier alpha value is -2.89. The lowest BCUT2D eigenvalue weighted by Crippen LogP contribution is -2.15. The van der Waals surface area contributed by atoms with Gasteiger partial charge in [0, 0.05) is 19.4 Å². The Balaban J connectivity index is 1.94. The van der Waals surface area contributed by atoms with Gasteiger partial charge in [-0.15, -0.1) is 0 Å². The molecule has 3 rings (SSSR count). The summed E-state index contributed by atoms with van der Waals surface area (Å²) in [6.07, 6.45) is 5.13. The standard InChI is InChI=1S/C15H15N5O/c1-11-13(10-17-19(11)2)18-15(21)12-6-3-4-7-14(12)20-9-5-8-16-20/h3-10H,1-2H3,(H,18,21). The Morgan fingerprint density at radius 2 is 2.00 bits per heavy atom. The van der Waals surface area contributed by atoms with Crippen molar-refractivity contribution in [3.8, 4) is 5.69 Å². The van der Waals surface area contributed by atoms with Gasteiger partial charge in [0.25, 0.3) is 5.91 Å². The van der Waals surface area contributed by atoms with E-state index in [0.29, 0.717) is 11.3 Å². The maximum absolute atomic E-state index is 12.5. The number of para-hydroxylation sites is 1. The largest absolute Gasteiger partial charge is 0.319 e. The van der Waals surface area contributed by atoms with Gasteiger partial charge in [0.05, 0.1) is 28.8 Å². The lowest BCUT2D eigenvalue weighted by molar-refractivity contribution is 0.102. The predicted octanol–water partition coefficient (Wildman–Crippen LogP) is 2.17. The van der Waals surface area contributed by atoms with Gasteiger partial charge >= 0.3 is 0 Å². The molecular weight excluding hydrogens is 266 g/mol. The van der Waals surface area contributed by atoms with Gasteiger partial charge < -0.3 is 5.32 Å². The van der Waals surface area contributed by atoms with Crippen molar-refractivity contribution in [2.75, 3.05) is 5.32 Å². The maximum Gasteiger partial charge on any atom is 0.257 e. The highest BCUT2D eigenvalue weighted by atomic mass is 16.1. The first-order valence-electron chi connectivity index (χ1n) is 6.56. The first-order valence-corrected chi connectivity index (χ1v) is 6.56. The molecule has 21 heavy (non-hydrogen) atoms. The van der Waals surface area contributed by atoms with Crippen LogP contribution in [0.1, 0.15) is 16.1 Å². The molecule has 6 heteroatoms. The number of benzene rings is 1. The summed E-state index contributed by atoms with van der Waals surface area (Å²) in [5.74, 6) is -0.183. The highest BCUT2D eigenvalue weighted by Crippen LogP contribution is 2.17. The van der Waals surface area contributed by atoms with Gasteiger partial charge in [-0.05, 0) is 25.1 Å². The second-order valence-corrected chi connectivity index (χ2v) is 4.69. The number of aromatic nitrogens is 4. The summed E-state index contributed by atoms with van der Waals surface area (Å²) in [6.45, 7) is 1.90. The molecule has 2 aromatic heterocycles. The molecule has 0 spiro atoms. The van der Waals surface area contributed by atoms with E-state index in [9.17, 15) is 4.79 Å². The van der Waals surface area contributed by atoms with Gasteiger partial charge in [-0.1, -0.05) is 12.1 Å². The molecule has 1 amide bonds. The van der Waals surface area contributed by atoms with Crippen molar-refractivity contribution < 1.29 is 4.79 Å². The highest BCUT2D eigenvalue weighted by molar-refractivity contribution is 6.06. The Kier molecular flexibility index (Phi) is 3.27. The summed E-state index contributed by atoms with van der Waals surface area (Å²) in [6, 6.07) is 9.16. The quantitative estimate of drug-likeness (QED) is 0.800. The molecule has 0 fully saturated rings. The molecule has 2 heterocycles. The van der Waals surface area contributed by atoms with Crippen LogP contribution < -0.4 is 5.32 Å². The molecule has 0 saturated carbocycles. The molecule has 0 aliphatic carbocycles. The van der Waals surface area contributed by atoms with Crippen LogP contribution in [0.3, 0.4) is 0 Å². The van der Waals surface area contributed by atoms with E-state index in [0.717, 1.165) is 11.4 Å². The Bertz CT molecular complexity index is 773. The van der Waals surface area contributed by atoms with Crippen LogP contribution in [0.15, 0.2) is 48.9 Å². The van der Waals surface area contributed by atoms with Crippen LogP contribution in [-0.2, 0) is 7.05 Å². The number of hydrogen-bond acceptors (Lipinski definition) is 3. The first-order chi connectivity index (χ1) is 10.2. The van der Waals surface area contributed by atoms with Crippen molar-refractivity contribution in [1.29, 1.82) is 0 Å². The van der Waals surface area contributed by atoms with Gasteiger partial charge in [-0.3, -0.25) is 9.48 Å². The minimum absolute atomic E-state index is 0.183. The Morgan fingerprint density at radius 1 is 1.19 bits per heavy atom. The van der Waals surface area contributed by atoms with Crippen molar-refractivity contribution in [2.45, 2.75) is 6.92 Å². The summed E-state index contributed by atoms with van der Waals surface area (Å²) in [5, 5.41) is 11.2. The summed E-state index contributed by atoms with van der Waals surface area (Å²) in [5.41, 5.74) is 2.91. The van der Waals surface area contributed by atoms with Gasteiger partial charge in [-0.2, -0.15) is 10.2 Å². The van der Waals surface area contributed by atoms with Gasteiger partial charge in [0.1, 0.15) is 0 Å². The molecule has 0 saturated heterocycles. The number of carbonyl (C=O) groups excluding carboxylic acids is 1. The van der Waals surface area contributed by atoms with Crippen molar-refractivity contribution in [1.82, 2.24) is 19.6 Å². The molecule has 106 valence electrons. The third-order valence-corrected chi connectivity index (χ3v) is 3.38. The molecular formula is C15H15N5O. The average Bonchev–Trinajstić information content (AvgIpc) is 3.13. The lowest BCUT2D eigenvalue weighted by atomic mass is 10.1. The molecule has 0 aliphatic heterocycles. The van der Waals surface area contributed by atoms with Crippen molar-refractivity contribution in [2.24, 2.45) is 7.05 Å². The first kappa shape index (κ1) is 13.1. The fourth-order valence-electron chi connectivity index (χ4n) is 2.09. The van der Waals surface area contributed by atoms with E-state index >= 15 is 0 Å².